The van der Waals surface area contributed by atoms with Crippen LogP contribution < -0.4 is 5.32 Å². The summed E-state index contributed by atoms with van der Waals surface area (Å²) in [6.07, 6.45) is -0.366. The summed E-state index contributed by atoms with van der Waals surface area (Å²) in [5.74, 6) is -1.01. The van der Waals surface area contributed by atoms with Gasteiger partial charge in [-0.25, -0.2) is 0 Å². The van der Waals surface area contributed by atoms with Gasteiger partial charge in [-0.3, -0.25) is 9.36 Å². The first-order valence-electron chi connectivity index (χ1n) is 7.47. The maximum absolute atomic E-state index is 11.0. The van der Waals surface area contributed by atoms with E-state index in [9.17, 15) is 9.36 Å². The van der Waals surface area contributed by atoms with Crippen molar-refractivity contribution >= 4 is 13.6 Å². The van der Waals surface area contributed by atoms with Crippen LogP contribution in [-0.2, 0) is 15.8 Å². The topological polar surface area (TPSA) is 107 Å². The smallest absolute Gasteiger partial charge is 0.339 e. The van der Waals surface area contributed by atoms with Gasteiger partial charge in [0.1, 0.15) is 0 Å². The lowest BCUT2D eigenvalue weighted by Crippen LogP contribution is -2.34. The van der Waals surface area contributed by atoms with Gasteiger partial charge in [0.2, 0.25) is 0 Å². The van der Waals surface area contributed by atoms with Crippen molar-refractivity contribution in [3.8, 4) is 11.1 Å². The maximum atomic E-state index is 11.0. The predicted octanol–water partition coefficient (Wildman–Crippen LogP) is 2.46. The van der Waals surface area contributed by atoms with Gasteiger partial charge in [0, 0.05) is 6.04 Å². The summed E-state index contributed by atoms with van der Waals surface area (Å²) < 4.78 is 11.0. The number of nitrogens with one attached hydrogen (secondary N) is 1. The molecule has 0 aliphatic carbocycles. The van der Waals surface area contributed by atoms with E-state index in [1.165, 1.54) is 0 Å². The molecule has 0 bridgehead atoms. The fourth-order valence-electron chi connectivity index (χ4n) is 2.42. The Labute approximate surface area is 140 Å². The predicted molar refractivity (Wildman–Crippen MR) is 91.7 cm³/mol. The first-order chi connectivity index (χ1) is 11.3. The largest absolute Gasteiger partial charge is 0.481 e. The summed E-state index contributed by atoms with van der Waals surface area (Å²) in [6.45, 7) is 0. The van der Waals surface area contributed by atoms with Crippen LogP contribution >= 0.6 is 7.60 Å². The fraction of sp³-hybridized carbons (Fsp3) is 0.235. The Bertz CT molecular complexity index is 712. The van der Waals surface area contributed by atoms with E-state index in [-0.39, 0.29) is 6.42 Å². The molecule has 0 saturated heterocycles. The molecule has 0 radical (unpaired) electrons. The third-order valence-corrected chi connectivity index (χ3v) is 4.14. The molecule has 0 amide bonds. The number of hydrogen-bond donors (Lipinski definition) is 4. The third kappa shape index (κ3) is 6.26. The van der Waals surface area contributed by atoms with E-state index in [0.29, 0.717) is 6.42 Å². The number of hydrogen-bond acceptors (Lipinski definition) is 3. The molecule has 2 rings (SSSR count). The first kappa shape index (κ1) is 18.4. The van der Waals surface area contributed by atoms with E-state index in [1.807, 2.05) is 54.6 Å². The molecule has 128 valence electrons. The lowest BCUT2D eigenvalue weighted by molar-refractivity contribution is -0.137. The fourth-order valence-corrected chi connectivity index (χ4v) is 2.92. The number of benzene rings is 2. The SMILES string of the molecule is O=C(O)CC(Cc1ccc(-c2ccccc2)cc1)NCP(=O)(O)O. The molecular formula is C17H20NO5P. The number of carboxylic acids is 1. The Morgan fingerprint density at radius 2 is 1.58 bits per heavy atom. The van der Waals surface area contributed by atoms with Crippen molar-refractivity contribution in [2.75, 3.05) is 6.29 Å². The van der Waals surface area contributed by atoms with Gasteiger partial charge < -0.3 is 20.2 Å². The number of rotatable bonds is 8. The second kappa shape index (κ2) is 8.22. The third-order valence-electron chi connectivity index (χ3n) is 3.55. The normalized spacial score (nSPS) is 12.8. The van der Waals surface area contributed by atoms with Crippen LogP contribution in [0.15, 0.2) is 54.6 Å². The molecule has 0 aliphatic heterocycles. The van der Waals surface area contributed by atoms with Crippen molar-refractivity contribution < 1.29 is 24.3 Å². The zero-order valence-corrected chi connectivity index (χ0v) is 13.9. The Hall–Kier alpha value is -1.98. The molecule has 24 heavy (non-hydrogen) atoms. The minimum absolute atomic E-state index is 0.208. The van der Waals surface area contributed by atoms with E-state index in [0.717, 1.165) is 16.7 Å². The van der Waals surface area contributed by atoms with Gasteiger partial charge in [-0.1, -0.05) is 54.6 Å². The van der Waals surface area contributed by atoms with Gasteiger partial charge in [0.15, 0.2) is 0 Å². The van der Waals surface area contributed by atoms with E-state index < -0.39 is 25.9 Å². The summed E-state index contributed by atoms with van der Waals surface area (Å²) in [7, 11) is -4.22. The summed E-state index contributed by atoms with van der Waals surface area (Å²) in [5.41, 5.74) is 3.04. The molecule has 0 spiro atoms. The van der Waals surface area contributed by atoms with Gasteiger partial charge in [0.05, 0.1) is 12.7 Å². The van der Waals surface area contributed by atoms with Crippen molar-refractivity contribution in [1.82, 2.24) is 5.32 Å². The highest BCUT2D eigenvalue weighted by Crippen LogP contribution is 2.32. The van der Waals surface area contributed by atoms with Crippen LogP contribution in [-0.4, -0.2) is 33.2 Å². The van der Waals surface area contributed by atoms with E-state index in [2.05, 4.69) is 5.32 Å². The molecular weight excluding hydrogens is 329 g/mol. The van der Waals surface area contributed by atoms with Gasteiger partial charge >= 0.3 is 13.6 Å². The van der Waals surface area contributed by atoms with Crippen LogP contribution in [0.1, 0.15) is 12.0 Å². The van der Waals surface area contributed by atoms with Crippen molar-refractivity contribution in [3.05, 3.63) is 60.2 Å². The molecule has 0 fully saturated rings. The average Bonchev–Trinajstić information content (AvgIpc) is 2.53. The summed E-state index contributed by atoms with van der Waals surface area (Å²) in [5, 5.41) is 11.6. The van der Waals surface area contributed by atoms with Gasteiger partial charge in [-0.15, -0.1) is 0 Å². The van der Waals surface area contributed by atoms with Gasteiger partial charge in [0.25, 0.3) is 0 Å². The van der Waals surface area contributed by atoms with Crippen LogP contribution in [0.25, 0.3) is 11.1 Å². The number of carboxylic acid groups (broad SMARTS) is 1. The average molecular weight is 349 g/mol. The quantitative estimate of drug-likeness (QED) is 0.546. The Kier molecular flexibility index (Phi) is 6.29. The Morgan fingerprint density at radius 1 is 1.00 bits per heavy atom. The summed E-state index contributed by atoms with van der Waals surface area (Å²) in [4.78, 5) is 28.8. The van der Waals surface area contributed by atoms with E-state index >= 15 is 0 Å². The molecule has 0 saturated carbocycles. The molecule has 0 aliphatic rings. The van der Waals surface area contributed by atoms with Crippen LogP contribution in [0.2, 0.25) is 0 Å². The standard InChI is InChI=1S/C17H20NO5P/c19-17(20)11-16(18-12-24(21,22)23)10-13-6-8-15(9-7-13)14-4-2-1-3-5-14/h1-9,16,18H,10-12H2,(H,19,20)(H2,21,22,23). The maximum Gasteiger partial charge on any atom is 0.339 e. The monoisotopic (exact) mass is 349 g/mol. The van der Waals surface area contributed by atoms with Crippen LogP contribution in [0.3, 0.4) is 0 Å². The van der Waals surface area contributed by atoms with Crippen LogP contribution in [0.4, 0.5) is 0 Å². The second-order valence-corrected chi connectivity index (χ2v) is 7.23. The van der Waals surface area contributed by atoms with Gasteiger partial charge in [-0.05, 0) is 23.1 Å². The van der Waals surface area contributed by atoms with E-state index in [4.69, 9.17) is 14.9 Å². The highest BCUT2D eigenvalue weighted by atomic mass is 31.2. The lowest BCUT2D eigenvalue weighted by atomic mass is 9.99. The number of aliphatic carboxylic acids is 1. The van der Waals surface area contributed by atoms with Crippen LogP contribution in [0, 0.1) is 0 Å². The zero-order valence-electron chi connectivity index (χ0n) is 13.0. The lowest BCUT2D eigenvalue weighted by Gasteiger charge is -2.17. The molecule has 4 N–H and O–H groups in total. The minimum atomic E-state index is -4.22. The Balaban J connectivity index is 2.05. The Morgan fingerprint density at radius 3 is 2.12 bits per heavy atom. The zero-order chi connectivity index (χ0) is 17.6. The minimum Gasteiger partial charge on any atom is -0.481 e. The van der Waals surface area contributed by atoms with E-state index in [1.54, 1.807) is 0 Å². The van der Waals surface area contributed by atoms with Crippen LogP contribution in [0.5, 0.6) is 0 Å². The summed E-state index contributed by atoms with van der Waals surface area (Å²) in [6, 6.07) is 17.0. The molecule has 7 heteroatoms. The molecule has 0 aromatic heterocycles. The molecule has 6 nitrogen and oxygen atoms in total. The van der Waals surface area contributed by atoms with Crippen molar-refractivity contribution in [1.29, 1.82) is 0 Å². The first-order valence-corrected chi connectivity index (χ1v) is 9.27. The van der Waals surface area contributed by atoms with Gasteiger partial charge in [-0.2, -0.15) is 0 Å². The molecule has 1 unspecified atom stereocenters. The number of carbonyl (C=O) groups is 1. The molecule has 2 aromatic rings. The molecule has 2 aromatic carbocycles. The molecule has 1 atom stereocenters. The van der Waals surface area contributed by atoms with Crippen molar-refractivity contribution in [2.24, 2.45) is 0 Å². The highest BCUT2D eigenvalue weighted by Gasteiger charge is 2.19. The van der Waals surface area contributed by atoms with Crippen molar-refractivity contribution in [2.45, 2.75) is 18.9 Å². The summed E-state index contributed by atoms with van der Waals surface area (Å²) >= 11 is 0. The highest BCUT2D eigenvalue weighted by molar-refractivity contribution is 7.51. The van der Waals surface area contributed by atoms with Crippen molar-refractivity contribution in [3.63, 3.8) is 0 Å². The molecule has 0 heterocycles. The second-order valence-electron chi connectivity index (χ2n) is 5.59.